The summed E-state index contributed by atoms with van der Waals surface area (Å²) in [6, 6.07) is 13.6. The molecule has 132 valence electrons. The van der Waals surface area contributed by atoms with E-state index in [0.717, 1.165) is 22.4 Å². The summed E-state index contributed by atoms with van der Waals surface area (Å²) in [5.74, 6) is 0.612. The second kappa shape index (κ2) is 7.89. The number of ether oxygens (including phenoxy) is 1. The quantitative estimate of drug-likeness (QED) is 0.401. The lowest BCUT2D eigenvalue weighted by molar-refractivity contribution is -0.113. The fourth-order valence-electron chi connectivity index (χ4n) is 2.84. The van der Waals surface area contributed by atoms with E-state index >= 15 is 0 Å². The molecule has 2 aromatic rings. The number of rotatable bonds is 5. The van der Waals surface area contributed by atoms with Crippen molar-refractivity contribution in [1.29, 1.82) is 0 Å². The normalized spacial score (nSPS) is 15.6. The fraction of sp³-hybridized carbons (Fsp3) is 0.143. The predicted octanol–water partition coefficient (Wildman–Crippen LogP) is 5.27. The van der Waals surface area contributed by atoms with Gasteiger partial charge in [0.05, 0.1) is 10.6 Å². The molecule has 0 radical (unpaired) electrons. The standard InChI is InChI=1S/C21H19NO2S2/c1-4-12-24-17-11-6-5-10-16(17)13-18-20(23)22(21(25)26-18)19-14(2)8-7-9-15(19)3/h4-11,13H,1,12H2,2-3H3/b18-13-. The van der Waals surface area contributed by atoms with Gasteiger partial charge < -0.3 is 4.74 Å². The molecule has 0 spiro atoms. The molecule has 1 aliphatic rings. The molecule has 1 saturated heterocycles. The topological polar surface area (TPSA) is 29.5 Å². The summed E-state index contributed by atoms with van der Waals surface area (Å²) >= 11 is 6.81. The minimum atomic E-state index is -0.101. The van der Waals surface area contributed by atoms with Crippen LogP contribution in [-0.4, -0.2) is 16.8 Å². The molecule has 0 bridgehead atoms. The zero-order chi connectivity index (χ0) is 18.7. The number of anilines is 1. The van der Waals surface area contributed by atoms with Gasteiger partial charge >= 0.3 is 0 Å². The predicted molar refractivity (Wildman–Crippen MR) is 114 cm³/mol. The number of hydrogen-bond acceptors (Lipinski definition) is 4. The minimum Gasteiger partial charge on any atom is -0.489 e. The van der Waals surface area contributed by atoms with Crippen molar-refractivity contribution in [2.75, 3.05) is 11.5 Å². The van der Waals surface area contributed by atoms with Crippen molar-refractivity contribution in [3.8, 4) is 5.75 Å². The zero-order valence-corrected chi connectivity index (χ0v) is 16.3. The first-order chi connectivity index (χ1) is 12.5. The maximum absolute atomic E-state index is 13.0. The highest BCUT2D eigenvalue weighted by atomic mass is 32.2. The average molecular weight is 382 g/mol. The summed E-state index contributed by atoms with van der Waals surface area (Å²) < 4.78 is 6.22. The fourth-order valence-corrected chi connectivity index (χ4v) is 4.10. The van der Waals surface area contributed by atoms with Crippen molar-refractivity contribution in [2.24, 2.45) is 0 Å². The van der Waals surface area contributed by atoms with Crippen molar-refractivity contribution in [2.45, 2.75) is 13.8 Å². The molecule has 2 aromatic carbocycles. The molecule has 26 heavy (non-hydrogen) atoms. The Bertz CT molecular complexity index is 898. The van der Waals surface area contributed by atoms with Gasteiger partial charge in [-0.25, -0.2) is 0 Å². The molecule has 0 aromatic heterocycles. The summed E-state index contributed by atoms with van der Waals surface area (Å²) in [5, 5.41) is 0. The van der Waals surface area contributed by atoms with Gasteiger partial charge in [0, 0.05) is 5.56 Å². The molecule has 0 unspecified atom stereocenters. The van der Waals surface area contributed by atoms with Gasteiger partial charge in [0.15, 0.2) is 4.32 Å². The highest BCUT2D eigenvalue weighted by Crippen LogP contribution is 2.39. The Morgan fingerprint density at radius 2 is 1.85 bits per heavy atom. The van der Waals surface area contributed by atoms with Gasteiger partial charge in [-0.15, -0.1) is 0 Å². The summed E-state index contributed by atoms with van der Waals surface area (Å²) in [6.45, 7) is 8.06. The molecule has 3 rings (SSSR count). The smallest absolute Gasteiger partial charge is 0.270 e. The molecule has 1 amide bonds. The molecule has 0 atom stereocenters. The Morgan fingerprint density at radius 3 is 2.54 bits per heavy atom. The van der Waals surface area contributed by atoms with Crippen LogP contribution >= 0.6 is 24.0 Å². The van der Waals surface area contributed by atoms with Gasteiger partial charge in [0.2, 0.25) is 0 Å². The van der Waals surface area contributed by atoms with Gasteiger partial charge in [-0.3, -0.25) is 9.69 Å². The summed E-state index contributed by atoms with van der Waals surface area (Å²) in [4.78, 5) is 15.3. The van der Waals surface area contributed by atoms with Gasteiger partial charge in [-0.1, -0.05) is 73.0 Å². The second-order valence-corrected chi connectivity index (χ2v) is 7.57. The van der Waals surface area contributed by atoms with Gasteiger partial charge in [0.25, 0.3) is 5.91 Å². The van der Waals surface area contributed by atoms with E-state index in [-0.39, 0.29) is 5.91 Å². The molecule has 0 aliphatic carbocycles. The lowest BCUT2D eigenvalue weighted by Gasteiger charge is -2.19. The van der Waals surface area contributed by atoms with E-state index in [1.807, 2.05) is 62.4 Å². The lowest BCUT2D eigenvalue weighted by atomic mass is 10.1. The van der Waals surface area contributed by atoms with E-state index in [9.17, 15) is 4.79 Å². The SMILES string of the molecule is C=CCOc1ccccc1/C=C1\SC(=S)N(c2c(C)cccc2C)C1=O. The Kier molecular flexibility index (Phi) is 5.59. The Morgan fingerprint density at radius 1 is 1.15 bits per heavy atom. The van der Waals surface area contributed by atoms with Crippen molar-refractivity contribution < 1.29 is 9.53 Å². The van der Waals surface area contributed by atoms with Crippen LogP contribution in [0.3, 0.4) is 0 Å². The Hall–Kier alpha value is -2.37. The molecule has 1 aliphatic heterocycles. The number of hydrogen-bond donors (Lipinski definition) is 0. The first kappa shape index (κ1) is 18.4. The van der Waals surface area contributed by atoms with E-state index in [2.05, 4.69) is 6.58 Å². The van der Waals surface area contributed by atoms with E-state index in [1.54, 1.807) is 11.0 Å². The largest absolute Gasteiger partial charge is 0.489 e. The Balaban J connectivity index is 1.97. The maximum atomic E-state index is 13.0. The number of carbonyl (C=O) groups is 1. The van der Waals surface area contributed by atoms with Crippen molar-refractivity contribution >= 4 is 46.0 Å². The lowest BCUT2D eigenvalue weighted by Crippen LogP contribution is -2.29. The third-order valence-corrected chi connectivity index (χ3v) is 5.32. The van der Waals surface area contributed by atoms with Crippen LogP contribution in [0.2, 0.25) is 0 Å². The van der Waals surface area contributed by atoms with Gasteiger partial charge in [-0.05, 0) is 37.1 Å². The molecule has 1 fully saturated rings. The van der Waals surface area contributed by atoms with Crippen LogP contribution in [0.4, 0.5) is 5.69 Å². The number of benzene rings is 2. The van der Waals surface area contributed by atoms with Crippen LogP contribution in [0.1, 0.15) is 16.7 Å². The van der Waals surface area contributed by atoms with E-state index in [1.165, 1.54) is 11.8 Å². The third-order valence-electron chi connectivity index (χ3n) is 4.02. The highest BCUT2D eigenvalue weighted by Gasteiger charge is 2.34. The number of amides is 1. The summed E-state index contributed by atoms with van der Waals surface area (Å²) in [6.07, 6.45) is 3.53. The van der Waals surface area contributed by atoms with Crippen LogP contribution in [0.5, 0.6) is 5.75 Å². The molecule has 3 nitrogen and oxygen atoms in total. The van der Waals surface area contributed by atoms with E-state index < -0.39 is 0 Å². The van der Waals surface area contributed by atoms with Crippen LogP contribution in [-0.2, 0) is 4.79 Å². The maximum Gasteiger partial charge on any atom is 0.270 e. The summed E-state index contributed by atoms with van der Waals surface area (Å²) in [5.41, 5.74) is 3.76. The number of nitrogens with zero attached hydrogens (tertiary/aromatic N) is 1. The van der Waals surface area contributed by atoms with Gasteiger partial charge in [0.1, 0.15) is 12.4 Å². The van der Waals surface area contributed by atoms with Crippen LogP contribution < -0.4 is 9.64 Å². The number of thioether (sulfide) groups is 1. The minimum absolute atomic E-state index is 0.101. The Labute approximate surface area is 163 Å². The average Bonchev–Trinajstić information content (AvgIpc) is 2.88. The second-order valence-electron chi connectivity index (χ2n) is 5.90. The molecule has 0 N–H and O–H groups in total. The number of thiocarbonyl (C=S) groups is 1. The number of carbonyl (C=O) groups excluding carboxylic acids is 1. The van der Waals surface area contributed by atoms with Crippen LogP contribution in [0.25, 0.3) is 6.08 Å². The first-order valence-corrected chi connectivity index (χ1v) is 9.42. The van der Waals surface area contributed by atoms with E-state index in [4.69, 9.17) is 17.0 Å². The molecule has 5 heteroatoms. The van der Waals surface area contributed by atoms with E-state index in [0.29, 0.717) is 21.6 Å². The van der Waals surface area contributed by atoms with Crippen LogP contribution in [0, 0.1) is 13.8 Å². The molecule has 0 saturated carbocycles. The molecular formula is C21H19NO2S2. The monoisotopic (exact) mass is 381 g/mol. The molecule has 1 heterocycles. The number of para-hydroxylation sites is 2. The van der Waals surface area contributed by atoms with Crippen molar-refractivity contribution in [3.05, 3.63) is 76.7 Å². The highest BCUT2D eigenvalue weighted by molar-refractivity contribution is 8.27. The zero-order valence-electron chi connectivity index (χ0n) is 14.7. The van der Waals surface area contributed by atoms with Crippen molar-refractivity contribution in [3.63, 3.8) is 0 Å². The van der Waals surface area contributed by atoms with Crippen LogP contribution in [0.15, 0.2) is 60.0 Å². The first-order valence-electron chi connectivity index (χ1n) is 8.20. The summed E-state index contributed by atoms with van der Waals surface area (Å²) in [7, 11) is 0. The molecular weight excluding hydrogens is 362 g/mol. The third kappa shape index (κ3) is 3.59. The van der Waals surface area contributed by atoms with Gasteiger partial charge in [-0.2, -0.15) is 0 Å². The number of aryl methyl sites for hydroxylation is 2. The van der Waals surface area contributed by atoms with Crippen molar-refractivity contribution in [1.82, 2.24) is 0 Å².